The van der Waals surface area contributed by atoms with Crippen molar-refractivity contribution in [2.24, 2.45) is 26.9 Å². The highest BCUT2D eigenvalue weighted by Gasteiger charge is 2.38. The van der Waals surface area contributed by atoms with Crippen LogP contribution in [0.2, 0.25) is 0 Å². The van der Waals surface area contributed by atoms with Crippen molar-refractivity contribution in [2.45, 2.75) is 50.2 Å². The average Bonchev–Trinajstić information content (AvgIpc) is 3.55. The number of nitrogens with two attached hydrogens (primary N) is 1. The minimum absolute atomic E-state index is 0.145. The summed E-state index contributed by atoms with van der Waals surface area (Å²) in [6, 6.07) is 8.45. The largest absolute Gasteiger partial charge is 0.493 e. The number of aromatic nitrogens is 4. The predicted molar refractivity (Wildman–Crippen MR) is 171 cm³/mol. The Kier molecular flexibility index (Phi) is 12.9. The first-order chi connectivity index (χ1) is 22.6. The van der Waals surface area contributed by atoms with Crippen molar-refractivity contribution >= 4 is 32.7 Å². The molecule has 2 heterocycles. The third kappa shape index (κ3) is 10.1. The second kappa shape index (κ2) is 16.4. The van der Waals surface area contributed by atoms with Crippen LogP contribution >= 0.6 is 0 Å². The van der Waals surface area contributed by atoms with Crippen LogP contribution in [0, 0.1) is 0 Å². The maximum Gasteiger partial charge on any atom is 0.490 e. The van der Waals surface area contributed by atoms with E-state index in [-0.39, 0.29) is 22.2 Å². The van der Waals surface area contributed by atoms with E-state index in [2.05, 4.69) is 9.71 Å². The van der Waals surface area contributed by atoms with Gasteiger partial charge in [-0.25, -0.2) is 14.6 Å². The molecule has 0 saturated carbocycles. The van der Waals surface area contributed by atoms with Gasteiger partial charge in [0.25, 0.3) is 10.0 Å². The number of carbonyl (C=O) groups is 1. The molecular formula is C30H39F3N6O8S. The number of nitrogens with zero attached hydrogens (tertiary/aromatic N) is 4. The fraction of sp³-hybridized carbons (Fsp3) is 0.433. The number of carboxylic acids is 1. The van der Waals surface area contributed by atoms with Gasteiger partial charge in [0.2, 0.25) is 0 Å². The van der Waals surface area contributed by atoms with Crippen LogP contribution in [0.25, 0.3) is 11.0 Å². The third-order valence-corrected chi connectivity index (χ3v) is 7.99. The number of anilines is 1. The number of aliphatic carboxylic acids is 1. The molecule has 0 radical (unpaired) electrons. The van der Waals surface area contributed by atoms with Crippen molar-refractivity contribution in [3.8, 4) is 23.0 Å². The molecule has 48 heavy (non-hydrogen) atoms. The van der Waals surface area contributed by atoms with Gasteiger partial charge >= 0.3 is 17.8 Å². The van der Waals surface area contributed by atoms with E-state index < -0.39 is 22.2 Å². The molecule has 0 unspecified atom stereocenters. The molecule has 0 bridgehead atoms. The zero-order valence-electron chi connectivity index (χ0n) is 26.9. The predicted octanol–water partition coefficient (Wildman–Crippen LogP) is 4.52. The van der Waals surface area contributed by atoms with Crippen molar-refractivity contribution in [3.05, 3.63) is 53.3 Å². The molecule has 0 aliphatic heterocycles. The highest BCUT2D eigenvalue weighted by atomic mass is 32.2. The number of fused-ring (bicyclic) bond motifs is 1. The Hall–Kier alpha value is -4.71. The van der Waals surface area contributed by atoms with Gasteiger partial charge in [0.1, 0.15) is 17.2 Å². The van der Waals surface area contributed by atoms with Crippen molar-refractivity contribution < 1.29 is 45.7 Å². The molecule has 0 spiro atoms. The highest BCUT2D eigenvalue weighted by molar-refractivity contribution is 7.92. The van der Waals surface area contributed by atoms with E-state index in [1.165, 1.54) is 26.2 Å². The molecule has 0 atom stereocenters. The van der Waals surface area contributed by atoms with Gasteiger partial charge < -0.3 is 29.6 Å². The number of nitrogens with one attached hydrogen (secondary N) is 1. The summed E-state index contributed by atoms with van der Waals surface area (Å²) in [4.78, 5) is 25.5. The summed E-state index contributed by atoms with van der Waals surface area (Å²) in [6.45, 7) is 3.73. The van der Waals surface area contributed by atoms with Gasteiger partial charge in [-0.05, 0) is 31.9 Å². The van der Waals surface area contributed by atoms with E-state index in [9.17, 15) is 26.4 Å². The second-order valence-electron chi connectivity index (χ2n) is 10.7. The first-order valence-electron chi connectivity index (χ1n) is 14.9. The number of aryl methyl sites for hydroxylation is 3. The van der Waals surface area contributed by atoms with Gasteiger partial charge in [-0.1, -0.05) is 19.8 Å². The third-order valence-electron chi connectivity index (χ3n) is 6.74. The van der Waals surface area contributed by atoms with Crippen LogP contribution in [-0.2, 0) is 36.0 Å². The number of unbranched alkanes of at least 4 members (excludes halogenated alkanes) is 3. The van der Waals surface area contributed by atoms with Crippen LogP contribution in [0.4, 0.5) is 18.9 Å². The van der Waals surface area contributed by atoms with Crippen molar-refractivity contribution in [1.82, 2.24) is 18.7 Å². The Labute approximate surface area is 274 Å². The summed E-state index contributed by atoms with van der Waals surface area (Å²) in [5.74, 6) is -1.05. The summed E-state index contributed by atoms with van der Waals surface area (Å²) in [7, 11) is 0.890. The van der Waals surface area contributed by atoms with Gasteiger partial charge in [0, 0.05) is 51.6 Å². The van der Waals surface area contributed by atoms with Gasteiger partial charge in [0.05, 0.1) is 36.3 Å². The smallest absolute Gasteiger partial charge is 0.490 e. The number of hydrogen-bond donors (Lipinski definition) is 3. The van der Waals surface area contributed by atoms with Crippen LogP contribution in [-0.4, -0.2) is 64.1 Å². The lowest BCUT2D eigenvalue weighted by molar-refractivity contribution is -0.192. The molecule has 0 amide bonds. The van der Waals surface area contributed by atoms with Crippen molar-refractivity contribution in [1.29, 1.82) is 0 Å². The minimum atomic E-state index is -5.08. The molecule has 0 fully saturated rings. The topological polar surface area (TPSA) is 182 Å². The first-order valence-corrected chi connectivity index (χ1v) is 16.3. The number of benzene rings is 2. The van der Waals surface area contributed by atoms with E-state index in [1.807, 2.05) is 6.92 Å². The van der Waals surface area contributed by atoms with Gasteiger partial charge in [-0.15, -0.1) is 0 Å². The summed E-state index contributed by atoms with van der Waals surface area (Å²) in [5.41, 5.74) is 6.56. The number of ether oxygens (including phenoxy) is 3. The quantitative estimate of drug-likeness (QED) is 0.149. The van der Waals surface area contributed by atoms with E-state index >= 15 is 0 Å². The van der Waals surface area contributed by atoms with E-state index in [0.29, 0.717) is 48.0 Å². The lowest BCUT2D eigenvalue weighted by atomic mass is 10.2. The van der Waals surface area contributed by atoms with Crippen LogP contribution in [0.15, 0.2) is 52.7 Å². The SMILES string of the molecule is CCCOc1cc(OCCCCCCN)cc(Oc2cc3c(cc2NS(=O)(=O)c2cn(C)cn2)n(C)c(=O)n3C)c1.O=C(O)C(F)(F)F. The standard InChI is InChI=1S/C28H38N6O6S.C2HF3O2/c1-5-11-38-20-13-21(39-12-9-7-6-8-10-29)15-22(14-20)40-26-17-25-24(33(3)28(35)34(25)4)16-23(26)31-41(36,37)27-18-32(2)19-30-27;3-2(4,5)1(6)7/h13-19,31H,5-12,29H2,1-4H3;(H,6,7). The molecule has 264 valence electrons. The zero-order chi connectivity index (χ0) is 35.6. The molecule has 14 nitrogen and oxygen atoms in total. The highest BCUT2D eigenvalue weighted by Crippen LogP contribution is 2.37. The Morgan fingerprint density at radius 1 is 0.938 bits per heavy atom. The van der Waals surface area contributed by atoms with Crippen molar-refractivity contribution in [3.63, 3.8) is 0 Å². The van der Waals surface area contributed by atoms with Gasteiger partial charge in [-0.2, -0.15) is 21.6 Å². The Morgan fingerprint density at radius 3 is 2.04 bits per heavy atom. The normalized spacial score (nSPS) is 11.6. The molecule has 0 aliphatic rings. The molecule has 4 N–H and O–H groups in total. The Balaban J connectivity index is 0.000000804. The molecule has 2 aromatic heterocycles. The molecule has 0 saturated heterocycles. The number of alkyl halides is 3. The molecule has 18 heteroatoms. The van der Waals surface area contributed by atoms with Gasteiger partial charge in [0.15, 0.2) is 10.8 Å². The van der Waals surface area contributed by atoms with E-state index in [4.69, 9.17) is 29.8 Å². The fourth-order valence-corrected chi connectivity index (χ4v) is 5.37. The molecular weight excluding hydrogens is 661 g/mol. The minimum Gasteiger partial charge on any atom is -0.493 e. The Bertz CT molecular complexity index is 1870. The summed E-state index contributed by atoms with van der Waals surface area (Å²) < 4.78 is 83.3. The number of halogens is 3. The van der Waals surface area contributed by atoms with Gasteiger partial charge in [-0.3, -0.25) is 13.9 Å². The zero-order valence-corrected chi connectivity index (χ0v) is 27.7. The Morgan fingerprint density at radius 2 is 1.50 bits per heavy atom. The summed E-state index contributed by atoms with van der Waals surface area (Å²) in [5, 5.41) is 6.98. The monoisotopic (exact) mass is 700 g/mol. The fourth-order valence-electron chi connectivity index (χ4n) is 4.32. The maximum atomic E-state index is 13.2. The average molecular weight is 701 g/mol. The van der Waals surface area contributed by atoms with E-state index in [0.717, 1.165) is 32.1 Å². The number of sulfonamides is 1. The summed E-state index contributed by atoms with van der Waals surface area (Å²) in [6.07, 6.45) is 2.47. The van der Waals surface area contributed by atoms with Crippen molar-refractivity contribution in [2.75, 3.05) is 24.5 Å². The molecule has 4 aromatic rings. The molecule has 2 aromatic carbocycles. The number of hydrogen-bond acceptors (Lipinski definition) is 9. The van der Waals surface area contributed by atoms with E-state index in [1.54, 1.807) is 51.5 Å². The van der Waals surface area contributed by atoms with Crippen LogP contribution in [0.1, 0.15) is 39.0 Å². The summed E-state index contributed by atoms with van der Waals surface area (Å²) >= 11 is 0. The number of rotatable bonds is 15. The number of carboxylic acid groups (broad SMARTS) is 1. The lowest BCUT2D eigenvalue weighted by Gasteiger charge is -2.16. The second-order valence-corrected chi connectivity index (χ2v) is 12.3. The maximum absolute atomic E-state index is 13.2. The van der Waals surface area contributed by atoms with Crippen LogP contribution in [0.3, 0.4) is 0 Å². The lowest BCUT2D eigenvalue weighted by Crippen LogP contribution is -2.21. The molecule has 4 rings (SSSR count). The number of imidazole rings is 2. The first kappa shape index (κ1) is 37.7. The van der Waals surface area contributed by atoms with Crippen LogP contribution in [0.5, 0.6) is 23.0 Å². The van der Waals surface area contributed by atoms with Crippen LogP contribution < -0.4 is 30.4 Å². The molecule has 0 aliphatic carbocycles.